The van der Waals surface area contributed by atoms with Crippen LogP contribution in [0.4, 0.5) is 0 Å². The number of nitrogens with one attached hydrogen (secondary N) is 2. The number of rotatable bonds is 12. The summed E-state index contributed by atoms with van der Waals surface area (Å²) >= 11 is 9.56. The fourth-order valence-electron chi connectivity index (χ4n) is 4.15. The summed E-state index contributed by atoms with van der Waals surface area (Å²) in [7, 11) is 0. The molecule has 0 aromatic heterocycles. The van der Waals surface area contributed by atoms with Gasteiger partial charge in [0.25, 0.3) is 5.91 Å². The fourth-order valence-corrected chi connectivity index (χ4v) is 4.63. The smallest absolute Gasteiger partial charge is 0.266 e. The number of aliphatic imine (C=N–C) groups is 1. The van der Waals surface area contributed by atoms with Crippen LogP contribution < -0.4 is 15.6 Å². The number of hydrazine groups is 1. The second-order valence-corrected chi connectivity index (χ2v) is 10.1. The Bertz CT molecular complexity index is 1280. The highest BCUT2D eigenvalue weighted by atomic mass is 79.9. The molecule has 0 fully saturated rings. The molecule has 38 heavy (non-hydrogen) atoms. The standard InChI is InChI=1S/C29H29BrClN3O4/c1-2-15-29(28(36)34-32-19-20-5-3-6-24(31)18-20)26(21-7-11-23(30)12-8-21)38-27(33-29)22-9-13-25(14-10-22)37-17-4-16-35/h2-3,5-14,18,26,32,35H,1,4,15-17,19H2,(H,34,36)/t26-,29-/m0/s1. The third-order valence-corrected chi connectivity index (χ3v) is 6.81. The van der Waals surface area contributed by atoms with Gasteiger partial charge in [0, 0.05) is 41.1 Å². The van der Waals surface area contributed by atoms with Gasteiger partial charge in [-0.1, -0.05) is 57.9 Å². The molecule has 2 atom stereocenters. The van der Waals surface area contributed by atoms with E-state index in [9.17, 15) is 4.79 Å². The maximum Gasteiger partial charge on any atom is 0.266 e. The van der Waals surface area contributed by atoms with E-state index in [0.29, 0.717) is 41.8 Å². The lowest BCUT2D eigenvalue weighted by molar-refractivity contribution is -0.129. The van der Waals surface area contributed by atoms with Crippen LogP contribution in [0.5, 0.6) is 5.75 Å². The highest BCUT2D eigenvalue weighted by Gasteiger charge is 2.52. The average Bonchev–Trinajstić information content (AvgIpc) is 3.30. The molecule has 0 radical (unpaired) electrons. The van der Waals surface area contributed by atoms with E-state index >= 15 is 0 Å². The van der Waals surface area contributed by atoms with E-state index in [2.05, 4.69) is 33.4 Å². The lowest BCUT2D eigenvalue weighted by atomic mass is 9.84. The topological polar surface area (TPSA) is 92.2 Å². The van der Waals surface area contributed by atoms with Crippen molar-refractivity contribution in [1.82, 2.24) is 10.9 Å². The molecular weight excluding hydrogens is 570 g/mol. The Hall–Kier alpha value is -3.17. The van der Waals surface area contributed by atoms with Gasteiger partial charge in [-0.25, -0.2) is 10.4 Å². The lowest BCUT2D eigenvalue weighted by Gasteiger charge is -2.29. The zero-order valence-corrected chi connectivity index (χ0v) is 23.0. The third-order valence-electron chi connectivity index (χ3n) is 6.04. The first-order valence-electron chi connectivity index (χ1n) is 12.2. The van der Waals surface area contributed by atoms with E-state index in [0.717, 1.165) is 15.6 Å². The van der Waals surface area contributed by atoms with Gasteiger partial charge >= 0.3 is 0 Å². The van der Waals surface area contributed by atoms with Crippen LogP contribution in [-0.4, -0.2) is 35.7 Å². The molecule has 1 heterocycles. The SMILES string of the molecule is C=CC[C@]1(C(=O)NNCc2cccc(Cl)c2)N=C(c2ccc(OCCCO)cc2)O[C@H]1c1ccc(Br)cc1. The van der Waals surface area contributed by atoms with Gasteiger partial charge in [0.1, 0.15) is 5.75 Å². The van der Waals surface area contributed by atoms with Gasteiger partial charge in [0.05, 0.1) is 6.61 Å². The molecule has 0 unspecified atom stereocenters. The zero-order valence-electron chi connectivity index (χ0n) is 20.7. The van der Waals surface area contributed by atoms with Crippen LogP contribution in [0.15, 0.2) is 94.9 Å². The molecule has 0 aliphatic carbocycles. The number of hydrogen-bond acceptors (Lipinski definition) is 6. The Morgan fingerprint density at radius 3 is 2.63 bits per heavy atom. The molecule has 0 spiro atoms. The minimum Gasteiger partial charge on any atom is -0.494 e. The summed E-state index contributed by atoms with van der Waals surface area (Å²) in [6, 6.07) is 22.3. The van der Waals surface area contributed by atoms with Gasteiger partial charge in [-0.15, -0.1) is 6.58 Å². The number of aliphatic hydroxyl groups is 1. The fraction of sp³-hybridized carbons (Fsp3) is 0.241. The number of halogens is 2. The average molecular weight is 599 g/mol. The summed E-state index contributed by atoms with van der Waals surface area (Å²) in [4.78, 5) is 18.6. The molecular formula is C29H29BrClN3O4. The van der Waals surface area contributed by atoms with Crippen molar-refractivity contribution in [3.8, 4) is 5.75 Å². The van der Waals surface area contributed by atoms with Gasteiger partial charge in [-0.2, -0.15) is 0 Å². The maximum atomic E-state index is 13.8. The van der Waals surface area contributed by atoms with Crippen molar-refractivity contribution in [2.75, 3.05) is 13.2 Å². The Balaban J connectivity index is 1.61. The molecule has 4 rings (SSSR count). The number of benzene rings is 3. The first kappa shape index (κ1) is 27.9. The summed E-state index contributed by atoms with van der Waals surface area (Å²) in [5.74, 6) is 0.684. The summed E-state index contributed by atoms with van der Waals surface area (Å²) in [6.07, 6.45) is 1.80. The molecule has 1 amide bonds. The molecule has 9 heteroatoms. The second kappa shape index (κ2) is 13.1. The molecule has 0 bridgehead atoms. The van der Waals surface area contributed by atoms with E-state index in [1.807, 2.05) is 66.7 Å². The van der Waals surface area contributed by atoms with E-state index in [4.69, 9.17) is 31.2 Å². The van der Waals surface area contributed by atoms with Crippen LogP contribution in [0.25, 0.3) is 0 Å². The van der Waals surface area contributed by atoms with Crippen LogP contribution in [0.1, 0.15) is 35.6 Å². The summed E-state index contributed by atoms with van der Waals surface area (Å²) in [5, 5.41) is 9.58. The Labute approximate surface area is 235 Å². The number of hydrogen-bond donors (Lipinski definition) is 3. The molecule has 0 saturated carbocycles. The zero-order chi connectivity index (χ0) is 27.0. The quantitative estimate of drug-likeness (QED) is 0.145. The van der Waals surface area contributed by atoms with Gasteiger partial charge in [0.15, 0.2) is 11.6 Å². The summed E-state index contributed by atoms with van der Waals surface area (Å²) in [6.45, 7) is 4.77. The number of carbonyl (C=O) groups excluding carboxylic acids is 1. The van der Waals surface area contributed by atoms with Crippen LogP contribution in [-0.2, 0) is 16.1 Å². The monoisotopic (exact) mass is 597 g/mol. The number of amides is 1. The largest absolute Gasteiger partial charge is 0.494 e. The first-order valence-corrected chi connectivity index (χ1v) is 13.4. The molecule has 1 aliphatic heterocycles. The molecule has 3 aromatic rings. The van der Waals surface area contributed by atoms with E-state index < -0.39 is 11.6 Å². The van der Waals surface area contributed by atoms with Crippen LogP contribution in [0.3, 0.4) is 0 Å². The number of carbonyl (C=O) groups is 1. The Morgan fingerprint density at radius 1 is 1.18 bits per heavy atom. The van der Waals surface area contributed by atoms with Gasteiger partial charge in [-0.05, 0) is 59.7 Å². The Morgan fingerprint density at radius 2 is 1.95 bits per heavy atom. The van der Waals surface area contributed by atoms with Gasteiger partial charge in [-0.3, -0.25) is 10.2 Å². The van der Waals surface area contributed by atoms with Crippen molar-refractivity contribution in [1.29, 1.82) is 0 Å². The van der Waals surface area contributed by atoms with Crippen molar-refractivity contribution in [3.63, 3.8) is 0 Å². The third kappa shape index (κ3) is 6.63. The van der Waals surface area contributed by atoms with Crippen LogP contribution >= 0.6 is 27.5 Å². The van der Waals surface area contributed by atoms with E-state index in [-0.39, 0.29) is 18.9 Å². The van der Waals surface area contributed by atoms with Crippen molar-refractivity contribution in [3.05, 3.63) is 112 Å². The van der Waals surface area contributed by atoms with Crippen molar-refractivity contribution >= 4 is 39.3 Å². The lowest BCUT2D eigenvalue weighted by Crippen LogP contribution is -2.52. The number of ether oxygens (including phenoxy) is 2. The molecule has 3 aromatic carbocycles. The Kier molecular flexibility index (Phi) is 9.58. The molecule has 3 N–H and O–H groups in total. The van der Waals surface area contributed by atoms with E-state index in [1.165, 1.54) is 0 Å². The van der Waals surface area contributed by atoms with Crippen LogP contribution in [0.2, 0.25) is 5.02 Å². The molecule has 1 aliphatic rings. The van der Waals surface area contributed by atoms with Gasteiger partial charge < -0.3 is 14.6 Å². The normalized spacial score (nSPS) is 18.4. The molecule has 0 saturated heterocycles. The number of aliphatic hydroxyl groups excluding tert-OH is 1. The highest BCUT2D eigenvalue weighted by Crippen LogP contribution is 2.43. The summed E-state index contributed by atoms with van der Waals surface area (Å²) in [5.41, 5.74) is 6.98. The van der Waals surface area contributed by atoms with Gasteiger partial charge in [0.2, 0.25) is 5.90 Å². The summed E-state index contributed by atoms with van der Waals surface area (Å²) < 4.78 is 12.9. The maximum absolute atomic E-state index is 13.8. The second-order valence-electron chi connectivity index (χ2n) is 8.77. The predicted molar refractivity (Wildman–Crippen MR) is 152 cm³/mol. The first-order chi connectivity index (χ1) is 18.4. The highest BCUT2D eigenvalue weighted by molar-refractivity contribution is 9.10. The van der Waals surface area contributed by atoms with Crippen LogP contribution in [0, 0.1) is 0 Å². The minimum atomic E-state index is -1.29. The van der Waals surface area contributed by atoms with Crippen molar-refractivity contribution in [2.24, 2.45) is 4.99 Å². The number of nitrogens with zero attached hydrogens (tertiary/aromatic N) is 1. The molecule has 198 valence electrons. The minimum absolute atomic E-state index is 0.0710. The van der Waals surface area contributed by atoms with E-state index in [1.54, 1.807) is 12.1 Å². The van der Waals surface area contributed by atoms with Crippen molar-refractivity contribution in [2.45, 2.75) is 31.0 Å². The molecule has 7 nitrogen and oxygen atoms in total. The predicted octanol–water partition coefficient (Wildman–Crippen LogP) is 5.52. The van der Waals surface area contributed by atoms with Crippen molar-refractivity contribution < 1.29 is 19.4 Å².